The molecule has 17 heteroatoms. The minimum atomic E-state index is -1.17. The molecule has 1 N–H and O–H groups in total. The highest BCUT2D eigenvalue weighted by atomic mass is 19.2. The van der Waals surface area contributed by atoms with Crippen LogP contribution >= 0.6 is 0 Å². The fourth-order valence-corrected chi connectivity index (χ4v) is 7.64. The Kier molecular flexibility index (Phi) is 18.5. The van der Waals surface area contributed by atoms with Crippen molar-refractivity contribution in [3.05, 3.63) is 65.4 Å². The van der Waals surface area contributed by atoms with E-state index in [-0.39, 0.29) is 86.1 Å². The van der Waals surface area contributed by atoms with Crippen LogP contribution in [0.4, 0.5) is 13.6 Å². The molecule has 2 unspecified atom stereocenters. The van der Waals surface area contributed by atoms with E-state index in [9.17, 15) is 23.6 Å². The maximum atomic E-state index is 15.2. The van der Waals surface area contributed by atoms with Crippen LogP contribution in [-0.4, -0.2) is 147 Å². The third kappa shape index (κ3) is 14.1. The zero-order valence-electron chi connectivity index (χ0n) is 37.6. The third-order valence-corrected chi connectivity index (χ3v) is 11.3. The first-order chi connectivity index (χ1) is 30.2. The van der Waals surface area contributed by atoms with Crippen molar-refractivity contribution in [3.63, 3.8) is 0 Å². The lowest BCUT2D eigenvalue weighted by Gasteiger charge is -2.39. The number of nitrogens with zero attached hydrogens (tertiary/aromatic N) is 4. The van der Waals surface area contributed by atoms with Gasteiger partial charge in [-0.2, -0.15) is 4.39 Å². The van der Waals surface area contributed by atoms with Crippen LogP contribution in [0.5, 0.6) is 5.75 Å². The predicted octanol–water partition coefficient (Wildman–Crippen LogP) is 5.71. The van der Waals surface area contributed by atoms with Gasteiger partial charge in [0.25, 0.3) is 5.91 Å². The molecule has 63 heavy (non-hydrogen) atoms. The van der Waals surface area contributed by atoms with Crippen LogP contribution in [0.1, 0.15) is 75.9 Å². The van der Waals surface area contributed by atoms with Crippen molar-refractivity contribution in [1.82, 2.24) is 24.6 Å². The van der Waals surface area contributed by atoms with Gasteiger partial charge in [0.2, 0.25) is 17.6 Å². The van der Waals surface area contributed by atoms with Crippen LogP contribution in [0, 0.1) is 17.6 Å². The molecule has 1 saturated carbocycles. The maximum absolute atomic E-state index is 15.2. The van der Waals surface area contributed by atoms with E-state index in [1.54, 1.807) is 44.5 Å². The lowest BCUT2D eigenvalue weighted by Crippen LogP contribution is -2.59. The van der Waals surface area contributed by atoms with Crippen molar-refractivity contribution >= 4 is 34.7 Å². The minimum Gasteiger partial charge on any atom is -0.487 e. The molecule has 2 aromatic carbocycles. The van der Waals surface area contributed by atoms with Crippen molar-refractivity contribution in [2.24, 2.45) is 13.0 Å². The molecular formula is C46H65F2N5O10. The molecule has 348 valence electrons. The maximum Gasteiger partial charge on any atom is 0.410 e. The summed E-state index contributed by atoms with van der Waals surface area (Å²) >= 11 is 0. The smallest absolute Gasteiger partial charge is 0.410 e. The molecule has 4 amide bonds. The Labute approximate surface area is 369 Å². The van der Waals surface area contributed by atoms with E-state index in [1.807, 2.05) is 30.3 Å². The topological polar surface area (TPSA) is 150 Å². The van der Waals surface area contributed by atoms with Crippen molar-refractivity contribution < 1.29 is 56.4 Å². The first kappa shape index (κ1) is 49.2. The third-order valence-electron chi connectivity index (χ3n) is 11.3. The Balaban J connectivity index is 1.08. The number of aromatic nitrogens is 1. The van der Waals surface area contributed by atoms with Crippen molar-refractivity contribution in [2.75, 3.05) is 86.1 Å². The van der Waals surface area contributed by atoms with Gasteiger partial charge in [-0.05, 0) is 58.1 Å². The van der Waals surface area contributed by atoms with E-state index in [0.29, 0.717) is 39.6 Å². The zero-order chi connectivity index (χ0) is 45.5. The van der Waals surface area contributed by atoms with Crippen LogP contribution in [-0.2, 0) is 46.9 Å². The van der Waals surface area contributed by atoms with E-state index in [2.05, 4.69) is 5.32 Å². The first-order valence-electron chi connectivity index (χ1n) is 22.0. The summed E-state index contributed by atoms with van der Waals surface area (Å²) in [5, 5.41) is 3.20. The van der Waals surface area contributed by atoms with Gasteiger partial charge in [-0.1, -0.05) is 49.6 Å². The summed E-state index contributed by atoms with van der Waals surface area (Å²) < 4.78 is 64.8. The van der Waals surface area contributed by atoms with Gasteiger partial charge in [-0.3, -0.25) is 19.3 Å². The molecule has 2 heterocycles. The quantitative estimate of drug-likeness (QED) is 0.132. The number of halogens is 2. The van der Waals surface area contributed by atoms with E-state index in [1.165, 1.54) is 22.6 Å². The van der Waals surface area contributed by atoms with Crippen molar-refractivity contribution in [2.45, 2.75) is 84.1 Å². The highest BCUT2D eigenvalue weighted by Gasteiger charge is 2.38. The monoisotopic (exact) mass is 885 g/mol. The number of hydrogen-bond acceptors (Lipinski definition) is 10. The molecule has 0 bridgehead atoms. The molecule has 5 rings (SSSR count). The molecule has 0 radical (unpaired) electrons. The van der Waals surface area contributed by atoms with Gasteiger partial charge in [0.05, 0.1) is 58.4 Å². The number of likely N-dealkylation sites (N-methyl/N-ethyl adjacent to an activating group) is 1. The fraction of sp³-hybridized carbons (Fsp3) is 0.609. The summed E-state index contributed by atoms with van der Waals surface area (Å²) in [5.74, 6) is -3.73. The number of ether oxygens (including phenoxy) is 6. The number of rotatable bonds is 21. The second-order valence-corrected chi connectivity index (χ2v) is 17.0. The van der Waals surface area contributed by atoms with Crippen LogP contribution in [0.3, 0.4) is 0 Å². The summed E-state index contributed by atoms with van der Waals surface area (Å²) in [4.78, 5) is 58.7. The van der Waals surface area contributed by atoms with E-state index < -0.39 is 41.3 Å². The highest BCUT2D eigenvalue weighted by Crippen LogP contribution is 2.34. The molecule has 1 aromatic heterocycles. The van der Waals surface area contributed by atoms with Gasteiger partial charge in [-0.15, -0.1) is 0 Å². The molecule has 2 aliphatic rings. The largest absolute Gasteiger partial charge is 0.487 e. The molecule has 2 atom stereocenters. The normalized spacial score (nSPS) is 15.9. The van der Waals surface area contributed by atoms with Crippen LogP contribution in [0.15, 0.2) is 42.5 Å². The van der Waals surface area contributed by atoms with Gasteiger partial charge in [0, 0.05) is 51.7 Å². The van der Waals surface area contributed by atoms with E-state index in [4.69, 9.17) is 28.4 Å². The number of benzene rings is 2. The fourth-order valence-electron chi connectivity index (χ4n) is 7.64. The Hall–Kier alpha value is -4.84. The summed E-state index contributed by atoms with van der Waals surface area (Å²) in [6, 6.07) is 10.7. The standard InChI is InChI=1S/C46H65F2N5O10/c1-32(50(5)45(57)63-46(2,3)4)42(54)49-40(34-15-11-8-12-16-34)44(56)53-19-17-52(18-20-53)43(55)38-29-35-37(51(38)6)30-36(47)39(48)41(35)62-28-27-60-24-23-58-21-22-59-25-26-61-31-33-13-9-7-10-14-33/h7,9-10,13-14,29-30,32,34,40H,8,11-12,15-28,31H2,1-6H3,(H,49,54). The zero-order valence-corrected chi connectivity index (χ0v) is 37.6. The summed E-state index contributed by atoms with van der Waals surface area (Å²) in [6.45, 7) is 10.5. The molecule has 1 aliphatic carbocycles. The van der Waals surface area contributed by atoms with Crippen molar-refractivity contribution in [1.29, 1.82) is 0 Å². The number of carbonyl (C=O) groups is 4. The van der Waals surface area contributed by atoms with Gasteiger partial charge in [0.15, 0.2) is 11.6 Å². The number of aryl methyl sites for hydroxylation is 1. The second-order valence-electron chi connectivity index (χ2n) is 17.0. The molecule has 3 aromatic rings. The van der Waals surface area contributed by atoms with Gasteiger partial charge in [0.1, 0.15) is 30.0 Å². The molecule has 15 nitrogen and oxygen atoms in total. The Morgan fingerprint density at radius 2 is 1.38 bits per heavy atom. The number of hydrogen-bond donors (Lipinski definition) is 1. The average molecular weight is 886 g/mol. The average Bonchev–Trinajstić information content (AvgIpc) is 3.60. The Morgan fingerprint density at radius 3 is 1.98 bits per heavy atom. The van der Waals surface area contributed by atoms with E-state index >= 15 is 4.39 Å². The predicted molar refractivity (Wildman–Crippen MR) is 231 cm³/mol. The second kappa shape index (κ2) is 23.7. The number of carbonyl (C=O) groups excluding carboxylic acids is 4. The van der Waals surface area contributed by atoms with Crippen molar-refractivity contribution in [3.8, 4) is 5.75 Å². The lowest BCUT2D eigenvalue weighted by atomic mass is 9.83. The lowest BCUT2D eigenvalue weighted by molar-refractivity contribution is -0.140. The summed E-state index contributed by atoms with van der Waals surface area (Å²) in [6.07, 6.45) is 3.87. The Bertz CT molecular complexity index is 1960. The Morgan fingerprint density at radius 1 is 0.810 bits per heavy atom. The van der Waals surface area contributed by atoms with Gasteiger partial charge < -0.3 is 48.1 Å². The van der Waals surface area contributed by atoms with Crippen LogP contribution in [0.2, 0.25) is 0 Å². The van der Waals surface area contributed by atoms with Crippen LogP contribution < -0.4 is 10.1 Å². The van der Waals surface area contributed by atoms with Gasteiger partial charge >= 0.3 is 6.09 Å². The molecule has 1 saturated heterocycles. The summed E-state index contributed by atoms with van der Waals surface area (Å²) in [7, 11) is 3.09. The SMILES string of the molecule is CC(C(=O)NC(C(=O)N1CCN(C(=O)c2cc3c(OCCOCCOCCOCCOCc4ccccc4)c(F)c(F)cc3n2C)CC1)C1CCCCC1)N(C)C(=O)OC(C)(C)C. The summed E-state index contributed by atoms with van der Waals surface area (Å²) in [5.41, 5.74) is 0.840. The molecule has 0 spiro atoms. The number of piperazine rings is 1. The molecule has 2 fully saturated rings. The molecular weight excluding hydrogens is 821 g/mol. The van der Waals surface area contributed by atoms with Gasteiger partial charge in [-0.25, -0.2) is 9.18 Å². The van der Waals surface area contributed by atoms with Crippen LogP contribution in [0.25, 0.3) is 10.9 Å². The molecule has 1 aliphatic heterocycles. The highest BCUT2D eigenvalue weighted by molar-refractivity contribution is 6.00. The number of fused-ring (bicyclic) bond motifs is 1. The number of amides is 4. The minimum absolute atomic E-state index is 0.0691. The number of nitrogens with one attached hydrogen (secondary N) is 1. The van der Waals surface area contributed by atoms with E-state index in [0.717, 1.165) is 43.7 Å². The first-order valence-corrected chi connectivity index (χ1v) is 22.0.